The summed E-state index contributed by atoms with van der Waals surface area (Å²) in [6.45, 7) is 0. The molecule has 0 spiro atoms. The van der Waals surface area contributed by atoms with E-state index in [9.17, 15) is 0 Å². The molecule has 0 rings (SSSR count). The molecule has 3 heteroatoms. The summed E-state index contributed by atoms with van der Waals surface area (Å²) in [6.07, 6.45) is 0. The first-order valence-electron chi connectivity index (χ1n) is 1.57. The second kappa shape index (κ2) is 6.87. The first-order valence-corrected chi connectivity index (χ1v) is 3.07. The maximum absolute atomic E-state index is 5.39. The van der Waals surface area contributed by atoms with Crippen molar-refractivity contribution in [3.05, 3.63) is 7.43 Å². The SMILES string of the molecule is ClCC(Cl)CCl.[CH]. The van der Waals surface area contributed by atoms with Gasteiger partial charge < -0.3 is 0 Å². The van der Waals surface area contributed by atoms with E-state index in [0.717, 1.165) is 0 Å². The van der Waals surface area contributed by atoms with Crippen LogP contribution in [0, 0.1) is 7.43 Å². The zero-order chi connectivity index (χ0) is 4.99. The fourth-order valence-corrected chi connectivity index (χ4v) is 0.371. The molecule has 0 saturated heterocycles. The molecule has 0 aliphatic carbocycles. The van der Waals surface area contributed by atoms with E-state index in [1.165, 1.54) is 0 Å². The molecule has 0 heterocycles. The highest BCUT2D eigenvalue weighted by Crippen LogP contribution is 1.99. The van der Waals surface area contributed by atoms with Gasteiger partial charge in [0.1, 0.15) is 0 Å². The van der Waals surface area contributed by atoms with Gasteiger partial charge in [0.15, 0.2) is 0 Å². The summed E-state index contributed by atoms with van der Waals surface area (Å²) in [6, 6.07) is 0. The first-order chi connectivity index (χ1) is 2.81. The maximum atomic E-state index is 5.39. The zero-order valence-corrected chi connectivity index (χ0v) is 5.97. The molecule has 0 aliphatic rings. The Hall–Kier alpha value is 0.870. The van der Waals surface area contributed by atoms with Crippen molar-refractivity contribution in [2.24, 2.45) is 0 Å². The van der Waals surface area contributed by atoms with E-state index in [1.54, 1.807) is 0 Å². The second-order valence-corrected chi connectivity index (χ2v) is 2.14. The van der Waals surface area contributed by atoms with Crippen LogP contribution in [0.3, 0.4) is 0 Å². The molecule has 7 heavy (non-hydrogen) atoms. The molecule has 0 aromatic carbocycles. The van der Waals surface area contributed by atoms with Gasteiger partial charge in [0.2, 0.25) is 0 Å². The predicted molar refractivity (Wildman–Crippen MR) is 35.4 cm³/mol. The van der Waals surface area contributed by atoms with Crippen molar-refractivity contribution >= 4 is 34.8 Å². The summed E-state index contributed by atoms with van der Waals surface area (Å²) in [5, 5.41) is -0.0617. The van der Waals surface area contributed by atoms with Gasteiger partial charge in [0, 0.05) is 11.8 Å². The summed E-state index contributed by atoms with van der Waals surface area (Å²) in [4.78, 5) is 0. The van der Waals surface area contributed by atoms with Crippen molar-refractivity contribution in [3.63, 3.8) is 0 Å². The van der Waals surface area contributed by atoms with Crippen LogP contribution in [-0.2, 0) is 0 Å². The highest BCUT2D eigenvalue weighted by atomic mass is 35.5. The lowest BCUT2D eigenvalue weighted by Crippen LogP contribution is -1.99. The predicted octanol–water partition coefficient (Wildman–Crippen LogP) is 2.28. The van der Waals surface area contributed by atoms with Gasteiger partial charge in [-0.3, -0.25) is 0 Å². The van der Waals surface area contributed by atoms with Crippen LogP contribution in [0.5, 0.6) is 0 Å². The van der Waals surface area contributed by atoms with E-state index >= 15 is 0 Å². The molecule has 0 aliphatic heterocycles. The van der Waals surface area contributed by atoms with Crippen molar-refractivity contribution in [2.75, 3.05) is 11.8 Å². The molecular weight excluding hydrogens is 154 g/mol. The highest BCUT2D eigenvalue weighted by Gasteiger charge is 1.95. The van der Waals surface area contributed by atoms with Crippen LogP contribution in [0.1, 0.15) is 0 Å². The average molecular weight is 160 g/mol. The van der Waals surface area contributed by atoms with Crippen LogP contribution in [0.2, 0.25) is 0 Å². The quantitative estimate of drug-likeness (QED) is 0.544. The summed E-state index contributed by atoms with van der Waals surface area (Å²) in [5.41, 5.74) is 0. The molecule has 3 radical (unpaired) electrons. The Morgan fingerprint density at radius 3 is 1.43 bits per heavy atom. The van der Waals surface area contributed by atoms with Gasteiger partial charge >= 0.3 is 0 Å². The molecule has 0 atom stereocenters. The number of hydrogen-bond acceptors (Lipinski definition) is 0. The van der Waals surface area contributed by atoms with Gasteiger partial charge in [-0.1, -0.05) is 0 Å². The Morgan fingerprint density at radius 2 is 1.43 bits per heavy atom. The van der Waals surface area contributed by atoms with E-state index < -0.39 is 0 Å². The molecule has 43 valence electrons. The maximum Gasteiger partial charge on any atom is 0.0606 e. The van der Waals surface area contributed by atoms with E-state index in [1.807, 2.05) is 0 Å². The number of halogens is 3. The van der Waals surface area contributed by atoms with Crippen molar-refractivity contribution in [1.82, 2.24) is 0 Å². The summed E-state index contributed by atoms with van der Waals surface area (Å²) in [7, 11) is 0. The first kappa shape index (κ1) is 10.8. The monoisotopic (exact) mass is 159 g/mol. The minimum absolute atomic E-state index is 0. The lowest BCUT2D eigenvalue weighted by atomic mass is 10.6. The Balaban J connectivity index is 0. The normalized spacial score (nSPS) is 8.57. The van der Waals surface area contributed by atoms with E-state index in [4.69, 9.17) is 34.8 Å². The summed E-state index contributed by atoms with van der Waals surface area (Å²) >= 11 is 15.9. The van der Waals surface area contributed by atoms with Gasteiger partial charge in [-0.05, 0) is 7.43 Å². The molecule has 0 nitrogen and oxygen atoms in total. The molecule has 0 unspecified atom stereocenters. The highest BCUT2D eigenvalue weighted by molar-refractivity contribution is 6.32. The van der Waals surface area contributed by atoms with Gasteiger partial charge in [-0.15, -0.1) is 34.8 Å². The van der Waals surface area contributed by atoms with E-state index in [-0.39, 0.29) is 12.8 Å². The summed E-state index contributed by atoms with van der Waals surface area (Å²) in [5.74, 6) is 0.871. The van der Waals surface area contributed by atoms with Crippen LogP contribution < -0.4 is 0 Å². The molecule has 0 saturated carbocycles. The van der Waals surface area contributed by atoms with Gasteiger partial charge in [0.05, 0.1) is 5.38 Å². The Kier molecular flexibility index (Phi) is 10.6. The largest absolute Gasteiger partial charge is 0.125 e. The fraction of sp³-hybridized carbons (Fsp3) is 0.750. The van der Waals surface area contributed by atoms with Crippen molar-refractivity contribution < 1.29 is 0 Å². The number of alkyl halides is 3. The third-order valence-corrected chi connectivity index (χ3v) is 1.70. The molecule has 0 aromatic rings. The Labute approximate surface area is 59.7 Å². The standard InChI is InChI=1S/C3H5Cl3.CH/c4-1-3(6)2-5;/h3H,1-2H2;1H. The molecular formula is C4H6Cl3. The van der Waals surface area contributed by atoms with Crippen molar-refractivity contribution in [1.29, 1.82) is 0 Å². The van der Waals surface area contributed by atoms with E-state index in [0.29, 0.717) is 11.8 Å². The van der Waals surface area contributed by atoms with Crippen LogP contribution in [-0.4, -0.2) is 17.1 Å². The van der Waals surface area contributed by atoms with Gasteiger partial charge in [0.25, 0.3) is 0 Å². The lowest BCUT2D eigenvalue weighted by Gasteiger charge is -1.92. The topological polar surface area (TPSA) is 0 Å². The minimum atomic E-state index is -0.0617. The van der Waals surface area contributed by atoms with Crippen LogP contribution in [0.15, 0.2) is 0 Å². The molecule has 0 fully saturated rings. The van der Waals surface area contributed by atoms with Crippen LogP contribution >= 0.6 is 34.8 Å². The Morgan fingerprint density at radius 1 is 1.14 bits per heavy atom. The second-order valence-electron chi connectivity index (χ2n) is 0.906. The third-order valence-electron chi connectivity index (χ3n) is 0.335. The minimum Gasteiger partial charge on any atom is -0.125 e. The number of hydrogen-bond donors (Lipinski definition) is 0. The Bertz CT molecular complexity index is 26.1. The molecule has 0 amide bonds. The summed E-state index contributed by atoms with van der Waals surface area (Å²) < 4.78 is 0. The smallest absolute Gasteiger partial charge is 0.0606 e. The average Bonchev–Trinajstić information content (AvgIpc) is 1.65. The third kappa shape index (κ3) is 6.87. The fourth-order valence-electron chi connectivity index (χ4n) is 0.0412. The molecule has 0 N–H and O–H groups in total. The van der Waals surface area contributed by atoms with Crippen LogP contribution in [0.4, 0.5) is 0 Å². The lowest BCUT2D eigenvalue weighted by molar-refractivity contribution is 1.12. The van der Waals surface area contributed by atoms with E-state index in [2.05, 4.69) is 0 Å². The molecule has 0 bridgehead atoms. The number of rotatable bonds is 2. The van der Waals surface area contributed by atoms with Gasteiger partial charge in [-0.25, -0.2) is 0 Å². The van der Waals surface area contributed by atoms with Crippen LogP contribution in [0.25, 0.3) is 0 Å². The van der Waals surface area contributed by atoms with Gasteiger partial charge in [-0.2, -0.15) is 0 Å². The zero-order valence-electron chi connectivity index (χ0n) is 3.70. The van der Waals surface area contributed by atoms with Crippen molar-refractivity contribution in [3.8, 4) is 0 Å². The molecule has 0 aromatic heterocycles. The van der Waals surface area contributed by atoms with Crippen molar-refractivity contribution in [2.45, 2.75) is 5.38 Å².